The molecular weight excluding hydrogens is 458 g/mol. The second-order valence-corrected chi connectivity index (χ2v) is 11.8. The third kappa shape index (κ3) is 8.99. The molecule has 1 fully saturated rings. The number of hydrogen-bond donors (Lipinski definition) is 1. The first-order valence-electron chi connectivity index (χ1n) is 13.2. The van der Waals surface area contributed by atoms with Crippen LogP contribution in [0.1, 0.15) is 79.4 Å². The van der Waals surface area contributed by atoms with Gasteiger partial charge in [-0.2, -0.15) is 0 Å². The summed E-state index contributed by atoms with van der Waals surface area (Å²) in [4.78, 5) is 25.3. The van der Waals surface area contributed by atoms with Crippen molar-refractivity contribution in [1.29, 1.82) is 0 Å². The predicted molar refractivity (Wildman–Crippen MR) is 141 cm³/mol. The van der Waals surface area contributed by atoms with Gasteiger partial charge in [0, 0.05) is 7.11 Å². The molecule has 0 unspecified atom stereocenters. The molecule has 1 N–H and O–H groups in total. The van der Waals surface area contributed by atoms with Gasteiger partial charge >= 0.3 is 12.1 Å². The largest absolute Gasteiger partial charge is 0.465 e. The Labute approximate surface area is 217 Å². The zero-order chi connectivity index (χ0) is 27.2. The van der Waals surface area contributed by atoms with Gasteiger partial charge in [0.15, 0.2) is 6.29 Å². The minimum absolute atomic E-state index is 0.157. The van der Waals surface area contributed by atoms with Crippen LogP contribution in [0.15, 0.2) is 18.2 Å². The molecule has 1 amide bonds. The normalized spacial score (nSPS) is 20.7. The molecule has 1 aromatic carbocycles. The topological polar surface area (TPSA) is 83.1 Å². The first-order valence-corrected chi connectivity index (χ1v) is 13.2. The van der Waals surface area contributed by atoms with Crippen LogP contribution in [0, 0.1) is 30.6 Å². The molecule has 1 aromatic rings. The Morgan fingerprint density at radius 1 is 1.17 bits per heavy atom. The van der Waals surface area contributed by atoms with Gasteiger partial charge in [-0.1, -0.05) is 39.8 Å². The van der Waals surface area contributed by atoms with Crippen LogP contribution in [0.2, 0.25) is 0 Å². The number of carbonyl (C=O) groups excluding carboxylic acids is 2. The molecule has 0 aromatic heterocycles. The van der Waals surface area contributed by atoms with Crippen LogP contribution in [0.25, 0.3) is 0 Å². The first kappa shape index (κ1) is 29.9. The molecule has 0 radical (unpaired) electrons. The van der Waals surface area contributed by atoms with Crippen molar-refractivity contribution in [3.05, 3.63) is 29.3 Å². The van der Waals surface area contributed by atoms with E-state index in [1.807, 2.05) is 48.5 Å². The van der Waals surface area contributed by atoms with Crippen molar-refractivity contribution in [3.8, 4) is 5.75 Å². The van der Waals surface area contributed by atoms with E-state index in [9.17, 15) is 9.59 Å². The maximum atomic E-state index is 12.7. The van der Waals surface area contributed by atoms with Crippen molar-refractivity contribution in [2.75, 3.05) is 7.11 Å². The van der Waals surface area contributed by atoms with Crippen molar-refractivity contribution < 1.29 is 28.5 Å². The number of aryl methyl sites for hydroxylation is 1. The number of amides is 1. The number of nitrogens with one attached hydrogen (secondary N) is 1. The molecule has 7 heteroatoms. The molecule has 1 saturated heterocycles. The molecule has 204 valence electrons. The van der Waals surface area contributed by atoms with E-state index >= 15 is 0 Å². The minimum Gasteiger partial charge on any atom is -0.465 e. The first-order chi connectivity index (χ1) is 16.7. The van der Waals surface area contributed by atoms with Crippen LogP contribution in [0.3, 0.4) is 0 Å². The van der Waals surface area contributed by atoms with Gasteiger partial charge in [0.25, 0.3) is 0 Å². The lowest BCUT2D eigenvalue weighted by Crippen LogP contribution is -2.47. The number of rotatable bonds is 11. The molecule has 1 heterocycles. The van der Waals surface area contributed by atoms with Gasteiger partial charge < -0.3 is 24.3 Å². The lowest BCUT2D eigenvalue weighted by molar-refractivity contribution is -0.146. The van der Waals surface area contributed by atoms with E-state index < -0.39 is 11.7 Å². The molecule has 5 atom stereocenters. The average Bonchev–Trinajstić information content (AvgIpc) is 3.15. The fourth-order valence-corrected chi connectivity index (χ4v) is 4.53. The molecular formula is C29H47NO6. The maximum Gasteiger partial charge on any atom is 0.408 e. The molecule has 2 rings (SSSR count). The summed E-state index contributed by atoms with van der Waals surface area (Å²) in [5.74, 6) is 1.23. The number of esters is 1. The van der Waals surface area contributed by atoms with Gasteiger partial charge in [0.05, 0.1) is 12.0 Å². The molecule has 1 aliphatic rings. The third-order valence-corrected chi connectivity index (χ3v) is 6.89. The van der Waals surface area contributed by atoms with E-state index in [4.69, 9.17) is 18.9 Å². The summed E-state index contributed by atoms with van der Waals surface area (Å²) in [5, 5.41) is 3.04. The van der Waals surface area contributed by atoms with E-state index in [0.717, 1.165) is 23.3 Å². The van der Waals surface area contributed by atoms with Gasteiger partial charge in [-0.25, -0.2) is 4.79 Å². The highest BCUT2D eigenvalue weighted by Crippen LogP contribution is 2.33. The SMILES string of the molecule is CO[C@H](C)Oc1cc(C[C@@H](C[C@H](NC(=O)OC(C)(C)C)[C@@H]2C[C@@H](C(C)C)C(=O)O2)C(C)C)ccc1C. The van der Waals surface area contributed by atoms with Crippen molar-refractivity contribution in [3.63, 3.8) is 0 Å². The second-order valence-electron chi connectivity index (χ2n) is 11.8. The zero-order valence-corrected chi connectivity index (χ0v) is 23.8. The van der Waals surface area contributed by atoms with Crippen LogP contribution in [-0.2, 0) is 25.4 Å². The van der Waals surface area contributed by atoms with E-state index in [1.165, 1.54) is 0 Å². The Kier molecular flexibility index (Phi) is 10.6. The highest BCUT2D eigenvalue weighted by molar-refractivity contribution is 5.75. The number of benzene rings is 1. The summed E-state index contributed by atoms with van der Waals surface area (Å²) < 4.78 is 22.6. The number of cyclic esters (lactones) is 1. The number of methoxy groups -OCH3 is 1. The van der Waals surface area contributed by atoms with Crippen LogP contribution in [-0.4, -0.2) is 43.2 Å². The molecule has 36 heavy (non-hydrogen) atoms. The highest BCUT2D eigenvalue weighted by Gasteiger charge is 2.42. The van der Waals surface area contributed by atoms with Crippen molar-refractivity contribution >= 4 is 12.1 Å². The van der Waals surface area contributed by atoms with E-state index in [2.05, 4.69) is 37.4 Å². The molecule has 0 saturated carbocycles. The van der Waals surface area contributed by atoms with Gasteiger partial charge in [-0.15, -0.1) is 0 Å². The lowest BCUT2D eigenvalue weighted by atomic mass is 9.81. The molecule has 1 aliphatic heterocycles. The van der Waals surface area contributed by atoms with Crippen LogP contribution in [0.5, 0.6) is 5.75 Å². The van der Waals surface area contributed by atoms with Crippen molar-refractivity contribution in [2.45, 2.75) is 106 Å². The summed E-state index contributed by atoms with van der Waals surface area (Å²) in [6, 6.07) is 5.92. The smallest absolute Gasteiger partial charge is 0.408 e. The summed E-state index contributed by atoms with van der Waals surface area (Å²) in [5.41, 5.74) is 1.58. The summed E-state index contributed by atoms with van der Waals surface area (Å²) in [6.07, 6.45) is 0.860. The summed E-state index contributed by atoms with van der Waals surface area (Å²) in [7, 11) is 1.62. The number of ether oxygens (including phenoxy) is 4. The van der Waals surface area contributed by atoms with Gasteiger partial charge in [0.1, 0.15) is 17.5 Å². The average molecular weight is 506 g/mol. The maximum absolute atomic E-state index is 12.7. The van der Waals surface area contributed by atoms with Crippen LogP contribution in [0.4, 0.5) is 4.79 Å². The lowest BCUT2D eigenvalue weighted by Gasteiger charge is -2.31. The highest BCUT2D eigenvalue weighted by atomic mass is 16.7. The molecule has 0 spiro atoms. The van der Waals surface area contributed by atoms with Crippen molar-refractivity contribution in [2.24, 2.45) is 23.7 Å². The molecule has 0 bridgehead atoms. The Bertz CT molecular complexity index is 875. The quantitative estimate of drug-likeness (QED) is 0.291. The Balaban J connectivity index is 2.25. The third-order valence-electron chi connectivity index (χ3n) is 6.89. The van der Waals surface area contributed by atoms with Crippen molar-refractivity contribution in [1.82, 2.24) is 5.32 Å². The van der Waals surface area contributed by atoms with E-state index in [-0.39, 0.29) is 42.2 Å². The molecule has 7 nitrogen and oxygen atoms in total. The second kappa shape index (κ2) is 12.8. The van der Waals surface area contributed by atoms with E-state index in [0.29, 0.717) is 18.8 Å². The Hall–Kier alpha value is -2.28. The predicted octanol–water partition coefficient (Wildman–Crippen LogP) is 6.05. The van der Waals surface area contributed by atoms with Crippen LogP contribution >= 0.6 is 0 Å². The van der Waals surface area contributed by atoms with Gasteiger partial charge in [0.2, 0.25) is 0 Å². The van der Waals surface area contributed by atoms with E-state index in [1.54, 1.807) is 7.11 Å². The molecule has 0 aliphatic carbocycles. The minimum atomic E-state index is -0.615. The Morgan fingerprint density at radius 3 is 2.36 bits per heavy atom. The standard InChI is InChI=1S/C29H47NO6/c1-17(2)22(13-21-12-11-19(5)25(14-21)34-20(6)33-10)15-24(30-28(32)36-29(7,8)9)26-16-23(18(3)4)27(31)35-26/h11-12,14,17-18,20,22-24,26H,13,15-16H2,1-10H3,(H,30,32)/t20-,22-,23-,24-,26-/m0/s1. The summed E-state index contributed by atoms with van der Waals surface area (Å²) >= 11 is 0. The Morgan fingerprint density at radius 2 is 1.83 bits per heavy atom. The number of carbonyl (C=O) groups is 2. The zero-order valence-electron chi connectivity index (χ0n) is 23.8. The summed E-state index contributed by atoms with van der Waals surface area (Å²) in [6.45, 7) is 17.8. The number of hydrogen-bond acceptors (Lipinski definition) is 6. The fraction of sp³-hybridized carbons (Fsp3) is 0.724. The monoisotopic (exact) mass is 505 g/mol. The van der Waals surface area contributed by atoms with Gasteiger partial charge in [-0.3, -0.25) is 4.79 Å². The number of alkyl carbamates (subject to hydrolysis) is 1. The van der Waals surface area contributed by atoms with Gasteiger partial charge in [-0.05, 0) is 88.8 Å². The van der Waals surface area contributed by atoms with Crippen LogP contribution < -0.4 is 10.1 Å². The fourth-order valence-electron chi connectivity index (χ4n) is 4.53.